The van der Waals surface area contributed by atoms with Gasteiger partial charge < -0.3 is 28.7 Å². The van der Waals surface area contributed by atoms with Crippen molar-refractivity contribution in [3.8, 4) is 55.9 Å². The van der Waals surface area contributed by atoms with Crippen LogP contribution >= 0.6 is 0 Å². The summed E-state index contributed by atoms with van der Waals surface area (Å²) < 4.78 is 7.44. The molecule has 0 atom stereocenters. The minimum Gasteiger partial charge on any atom is -0.354 e. The lowest BCUT2D eigenvalue weighted by molar-refractivity contribution is 0.651. The zero-order valence-corrected chi connectivity index (χ0v) is 70.1. The number of benzene rings is 20. The van der Waals surface area contributed by atoms with E-state index in [0.29, 0.717) is 0 Å². The van der Waals surface area contributed by atoms with Crippen LogP contribution in [0.25, 0.3) is 241 Å². The molecule has 20 aromatic carbocycles. The minimum absolute atomic E-state index is 0.0107. The number of para-hydroxylation sites is 6. The van der Waals surface area contributed by atoms with Gasteiger partial charge in [-0.05, 0) is 226 Å². The van der Waals surface area contributed by atoms with Gasteiger partial charge in [0.05, 0.1) is 33.1 Å². The van der Waals surface area contributed by atoms with Crippen LogP contribution in [-0.4, -0.2) is 28.7 Å². The lowest BCUT2D eigenvalue weighted by Crippen LogP contribution is -2.17. The molecule has 2 aliphatic rings. The highest BCUT2D eigenvalue weighted by molar-refractivity contribution is 6.28. The monoisotopic (exact) mass is 1620 g/mol. The molecular weight excluding hydrogens is 1540 g/mol. The fourth-order valence-corrected chi connectivity index (χ4v) is 22.1. The largest absolute Gasteiger partial charge is 0.354 e. The van der Waals surface area contributed by atoms with Crippen LogP contribution < -0.4 is 0 Å². The normalized spacial score (nSPS) is 13.3. The summed E-state index contributed by atoms with van der Waals surface area (Å²) in [5, 5.41) is 25.6. The van der Waals surface area contributed by atoms with E-state index in [4.69, 9.17) is 0 Å². The van der Waals surface area contributed by atoms with Gasteiger partial charge in [-0.15, -0.1) is 0 Å². The van der Waals surface area contributed by atoms with Crippen LogP contribution in [-0.2, 0) is 5.41 Å². The summed E-state index contributed by atoms with van der Waals surface area (Å²) >= 11 is 0. The molecule has 0 saturated heterocycles. The van der Waals surface area contributed by atoms with Gasteiger partial charge in [-0.2, -0.15) is 0 Å². The second-order valence-corrected chi connectivity index (χ2v) is 35.1. The first-order valence-corrected chi connectivity index (χ1v) is 44.3. The van der Waals surface area contributed by atoms with Gasteiger partial charge in [-0.25, -0.2) is 0 Å². The van der Waals surface area contributed by atoms with Gasteiger partial charge >= 0.3 is 0 Å². The molecule has 596 valence electrons. The maximum Gasteiger partial charge on any atom is 0.0553 e. The van der Waals surface area contributed by atoms with Crippen LogP contribution in [0.3, 0.4) is 0 Å². The maximum absolute atomic E-state index is 3.68. The number of nitrogens with zero attached hydrogens (tertiary/aromatic N) is 3. The number of allylic oxidation sites excluding steroid dienone is 4. The second kappa shape index (κ2) is 28.4. The van der Waals surface area contributed by atoms with Crippen LogP contribution in [0.2, 0.25) is 0 Å². The number of hydrogen-bond acceptors (Lipinski definition) is 0. The summed E-state index contributed by atoms with van der Waals surface area (Å²) in [4.78, 5) is 11.0. The summed E-state index contributed by atoms with van der Waals surface area (Å²) in [6, 6.07) is 151. The van der Waals surface area contributed by atoms with Crippen LogP contribution in [0.5, 0.6) is 0 Å². The van der Waals surface area contributed by atoms with Crippen LogP contribution in [0, 0.1) is 0 Å². The highest BCUT2D eigenvalue weighted by Crippen LogP contribution is 2.54. The van der Waals surface area contributed by atoms with E-state index in [9.17, 15) is 0 Å². The van der Waals surface area contributed by atoms with E-state index in [2.05, 4.69) is 461 Å². The first-order chi connectivity index (χ1) is 62.7. The van der Waals surface area contributed by atoms with E-state index in [1.165, 1.54) is 241 Å². The van der Waals surface area contributed by atoms with Gasteiger partial charge in [0, 0.05) is 120 Å². The van der Waals surface area contributed by atoms with Crippen molar-refractivity contribution in [2.75, 3.05) is 0 Å². The van der Waals surface area contributed by atoms with Gasteiger partial charge in [0.25, 0.3) is 0 Å². The molecule has 26 aromatic rings. The minimum atomic E-state index is -0.0107. The zero-order chi connectivity index (χ0) is 83.7. The first kappa shape index (κ1) is 72.4. The van der Waals surface area contributed by atoms with Crippen LogP contribution in [0.1, 0.15) is 37.8 Å². The molecule has 0 bridgehead atoms. The SMILES string of the molecule is CC1(C)C2=C(CCC(n3c4ccccc4c4c5ccccc5c(-c5ccc6c(c5)[nH]c5ccccc56)cc43)=C2)c2ccccc21.c1ccc(-c2ccc(-n3c4ccccc4c4c5ccccc5c(-c5ccc6c(c5)[nH]c5ccccc56)cc43)cc2)cc1.c1ccc2cc(-n3c4ccccc4c4c5ccccc5c(-c5ccc6c(c5)[nH]c5ccccc56)cc43)ccc2c1. The molecular formula is C121H82N6. The molecule has 28 rings (SSSR count). The van der Waals surface area contributed by atoms with E-state index in [-0.39, 0.29) is 5.41 Å². The average Bonchev–Trinajstić information content (AvgIpc) is 1.58. The van der Waals surface area contributed by atoms with Crippen LogP contribution in [0.4, 0.5) is 0 Å². The number of rotatable bonds is 7. The predicted molar refractivity (Wildman–Crippen MR) is 541 cm³/mol. The summed E-state index contributed by atoms with van der Waals surface area (Å²) in [6.07, 6.45) is 4.60. The van der Waals surface area contributed by atoms with Gasteiger partial charge in [-0.1, -0.05) is 329 Å². The molecule has 0 saturated carbocycles. The zero-order valence-electron chi connectivity index (χ0n) is 70.1. The van der Waals surface area contributed by atoms with Crippen molar-refractivity contribution in [3.05, 3.63) is 435 Å². The molecule has 3 N–H and O–H groups in total. The fourth-order valence-electron chi connectivity index (χ4n) is 22.1. The Labute approximate surface area is 732 Å². The lowest BCUT2D eigenvalue weighted by atomic mass is 9.79. The number of aromatic amines is 3. The number of nitrogens with one attached hydrogen (secondary N) is 3. The highest BCUT2D eigenvalue weighted by Gasteiger charge is 2.39. The second-order valence-electron chi connectivity index (χ2n) is 35.1. The molecule has 0 unspecified atom stereocenters. The molecule has 127 heavy (non-hydrogen) atoms. The Bertz CT molecular complexity index is 9180. The average molecular weight is 1620 g/mol. The molecule has 6 heteroatoms. The van der Waals surface area contributed by atoms with E-state index in [1.54, 1.807) is 0 Å². The summed E-state index contributed by atoms with van der Waals surface area (Å²) in [6.45, 7) is 4.79. The van der Waals surface area contributed by atoms with E-state index in [0.717, 1.165) is 29.6 Å². The molecule has 6 heterocycles. The van der Waals surface area contributed by atoms with Gasteiger partial charge in [0.1, 0.15) is 0 Å². The van der Waals surface area contributed by atoms with Crippen molar-refractivity contribution in [1.29, 1.82) is 0 Å². The smallest absolute Gasteiger partial charge is 0.0553 e. The standard InChI is InChI=1S/C43H32N2.C40H26N2.C38H24N2/c1-43(2)36-16-8-5-12-29(36)30-22-20-27(24-37(30)43)45-40-18-10-7-15-34(40)42-33-14-4-3-11-28(33)35(25-41(42)45)26-19-21-32-31-13-6-9-17-38(31)44-39(32)23-26;1-2-10-26(11-3-1)27-18-21-29(22-19-27)42-38-17-9-7-15-34(38)40-33-14-5-4-12-30(33)35(25-39(40)42)28-20-23-32-31-13-6-8-16-36(31)41-37(32)24-28;1-2-10-25-21-27(19-17-24(25)9-1)40-36-16-8-6-14-32(36)38-31-13-4-3-11-28(31)33(23-37(38)40)26-18-20-30-29-12-5-7-15-34(29)39-35(30)22-26/h3-19,21,23-25,44H,20,22H2,1-2H3;1-25,41H;1-23,39H. The van der Waals surface area contributed by atoms with Gasteiger partial charge in [-0.3, -0.25) is 0 Å². The fraction of sp³-hybridized carbons (Fsp3) is 0.0413. The third-order valence-electron chi connectivity index (χ3n) is 27.9. The highest BCUT2D eigenvalue weighted by atomic mass is 15.0. The van der Waals surface area contributed by atoms with Crippen molar-refractivity contribution in [2.45, 2.75) is 32.1 Å². The van der Waals surface area contributed by atoms with E-state index >= 15 is 0 Å². The Morgan fingerprint density at radius 3 is 1.05 bits per heavy atom. The number of aromatic nitrogens is 6. The van der Waals surface area contributed by atoms with Gasteiger partial charge in [0.2, 0.25) is 0 Å². The van der Waals surface area contributed by atoms with E-state index < -0.39 is 0 Å². The molecule has 6 aromatic heterocycles. The molecule has 0 amide bonds. The first-order valence-electron chi connectivity index (χ1n) is 44.3. The summed E-state index contributed by atoms with van der Waals surface area (Å²) in [5.74, 6) is 0. The Balaban J connectivity index is 0.000000101. The Morgan fingerprint density at radius 2 is 0.567 bits per heavy atom. The molecule has 2 aliphatic carbocycles. The number of H-pyrrole nitrogens is 3. The topological polar surface area (TPSA) is 62.2 Å². The Kier molecular flexibility index (Phi) is 16.2. The Hall–Kier alpha value is -16.3. The molecule has 0 radical (unpaired) electrons. The molecule has 0 spiro atoms. The Morgan fingerprint density at radius 1 is 0.220 bits per heavy atom. The van der Waals surface area contributed by atoms with E-state index in [1.807, 2.05) is 0 Å². The molecule has 0 aliphatic heterocycles. The summed E-state index contributed by atoms with van der Waals surface area (Å²) in [5.41, 5.74) is 33.9. The van der Waals surface area contributed by atoms with Crippen molar-refractivity contribution in [2.24, 2.45) is 0 Å². The number of fused-ring (bicyclic) bond motifs is 27. The molecule has 6 nitrogen and oxygen atoms in total. The predicted octanol–water partition coefficient (Wildman–Crippen LogP) is 32.9. The molecule has 0 fully saturated rings. The van der Waals surface area contributed by atoms with Gasteiger partial charge in [0.15, 0.2) is 0 Å². The van der Waals surface area contributed by atoms with Crippen LogP contribution in [0.15, 0.2) is 424 Å². The third kappa shape index (κ3) is 11.3. The van der Waals surface area contributed by atoms with Crippen molar-refractivity contribution in [1.82, 2.24) is 28.7 Å². The quantitative estimate of drug-likeness (QED) is 0.142. The van der Waals surface area contributed by atoms with Crippen molar-refractivity contribution in [3.63, 3.8) is 0 Å². The van der Waals surface area contributed by atoms with Crippen molar-refractivity contribution >= 4 is 185 Å². The van der Waals surface area contributed by atoms with Crippen molar-refractivity contribution < 1.29 is 0 Å². The summed E-state index contributed by atoms with van der Waals surface area (Å²) in [7, 11) is 0. The lowest BCUT2D eigenvalue weighted by Gasteiger charge is -2.26. The number of hydrogen-bond donors (Lipinski definition) is 3. The third-order valence-corrected chi connectivity index (χ3v) is 27.9. The maximum atomic E-state index is 3.68.